The zero-order chi connectivity index (χ0) is 13.0. The summed E-state index contributed by atoms with van der Waals surface area (Å²) in [5, 5.41) is 3.46. The number of para-hydroxylation sites is 1. The number of hydrogen-bond donors (Lipinski definition) is 1. The molecular weight excluding hydrogens is 220 g/mol. The summed E-state index contributed by atoms with van der Waals surface area (Å²) in [6, 6.07) is 9.47. The molecule has 0 aliphatic carbocycles. The van der Waals surface area contributed by atoms with Gasteiger partial charge in [-0.2, -0.15) is 0 Å². The SMILES string of the molecule is CNC(CN1CCCCc2ccccc21)C(C)C. The largest absolute Gasteiger partial charge is 0.370 e. The Morgan fingerprint density at radius 3 is 2.72 bits per heavy atom. The molecule has 2 rings (SSSR count). The van der Waals surface area contributed by atoms with E-state index in [0.29, 0.717) is 12.0 Å². The fraction of sp³-hybridized carbons (Fsp3) is 0.625. The molecule has 1 heterocycles. The first kappa shape index (κ1) is 13.4. The van der Waals surface area contributed by atoms with Crippen molar-refractivity contribution in [3.05, 3.63) is 29.8 Å². The van der Waals surface area contributed by atoms with Gasteiger partial charge in [0.05, 0.1) is 0 Å². The van der Waals surface area contributed by atoms with Crippen molar-refractivity contribution in [2.24, 2.45) is 5.92 Å². The summed E-state index contributed by atoms with van der Waals surface area (Å²) in [7, 11) is 2.08. The van der Waals surface area contributed by atoms with Crippen LogP contribution in [0.4, 0.5) is 5.69 Å². The van der Waals surface area contributed by atoms with Crippen LogP contribution in [0.2, 0.25) is 0 Å². The minimum Gasteiger partial charge on any atom is -0.370 e. The van der Waals surface area contributed by atoms with E-state index in [1.165, 1.54) is 37.1 Å². The third-order valence-corrected chi connectivity index (χ3v) is 4.05. The van der Waals surface area contributed by atoms with E-state index < -0.39 is 0 Å². The molecule has 100 valence electrons. The van der Waals surface area contributed by atoms with Gasteiger partial charge in [0.25, 0.3) is 0 Å². The van der Waals surface area contributed by atoms with Gasteiger partial charge in [0.2, 0.25) is 0 Å². The average molecular weight is 246 g/mol. The molecule has 2 nitrogen and oxygen atoms in total. The molecule has 1 aromatic carbocycles. The molecule has 0 fully saturated rings. The van der Waals surface area contributed by atoms with Crippen LogP contribution in [0.15, 0.2) is 24.3 Å². The second-order valence-electron chi connectivity index (χ2n) is 5.67. The molecule has 0 saturated carbocycles. The Morgan fingerprint density at radius 1 is 1.22 bits per heavy atom. The van der Waals surface area contributed by atoms with E-state index in [1.807, 2.05) is 0 Å². The molecule has 0 spiro atoms. The number of rotatable bonds is 4. The van der Waals surface area contributed by atoms with Gasteiger partial charge >= 0.3 is 0 Å². The van der Waals surface area contributed by atoms with E-state index in [0.717, 1.165) is 6.54 Å². The van der Waals surface area contributed by atoms with Crippen LogP contribution >= 0.6 is 0 Å². The minimum atomic E-state index is 0.566. The molecule has 18 heavy (non-hydrogen) atoms. The number of nitrogens with one attached hydrogen (secondary N) is 1. The maximum Gasteiger partial charge on any atom is 0.0399 e. The second kappa shape index (κ2) is 6.24. The fourth-order valence-corrected chi connectivity index (χ4v) is 2.83. The van der Waals surface area contributed by atoms with Crippen LogP contribution in [-0.4, -0.2) is 26.2 Å². The molecule has 0 saturated heterocycles. The second-order valence-corrected chi connectivity index (χ2v) is 5.67. The van der Waals surface area contributed by atoms with Crippen molar-refractivity contribution < 1.29 is 0 Å². The number of likely N-dealkylation sites (N-methyl/N-ethyl adjacent to an activating group) is 1. The average Bonchev–Trinajstić information content (AvgIpc) is 2.58. The zero-order valence-electron chi connectivity index (χ0n) is 11.9. The zero-order valence-corrected chi connectivity index (χ0v) is 11.9. The molecule has 1 unspecified atom stereocenters. The molecule has 0 radical (unpaired) electrons. The van der Waals surface area contributed by atoms with Gasteiger partial charge in [-0.15, -0.1) is 0 Å². The molecule has 1 aliphatic rings. The minimum absolute atomic E-state index is 0.566. The van der Waals surface area contributed by atoms with Crippen LogP contribution in [-0.2, 0) is 6.42 Å². The Hall–Kier alpha value is -1.02. The predicted octanol–water partition coefficient (Wildman–Crippen LogP) is 3.07. The highest BCUT2D eigenvalue weighted by molar-refractivity contribution is 5.54. The van der Waals surface area contributed by atoms with Crippen molar-refractivity contribution in [1.29, 1.82) is 0 Å². The van der Waals surface area contributed by atoms with Crippen molar-refractivity contribution in [3.8, 4) is 0 Å². The highest BCUT2D eigenvalue weighted by atomic mass is 15.2. The molecule has 0 amide bonds. The van der Waals surface area contributed by atoms with Gasteiger partial charge in [0, 0.05) is 24.8 Å². The van der Waals surface area contributed by atoms with Crippen LogP contribution in [0.1, 0.15) is 32.3 Å². The lowest BCUT2D eigenvalue weighted by molar-refractivity contribution is 0.422. The van der Waals surface area contributed by atoms with Gasteiger partial charge in [-0.1, -0.05) is 32.0 Å². The van der Waals surface area contributed by atoms with Crippen LogP contribution in [0.3, 0.4) is 0 Å². The maximum atomic E-state index is 3.46. The van der Waals surface area contributed by atoms with Gasteiger partial charge in [0.15, 0.2) is 0 Å². The Kier molecular flexibility index (Phi) is 4.65. The summed E-state index contributed by atoms with van der Waals surface area (Å²) in [6.45, 7) is 6.91. The molecule has 2 heteroatoms. The number of benzene rings is 1. The molecular formula is C16H26N2. The third kappa shape index (κ3) is 3.05. The lowest BCUT2D eigenvalue weighted by Crippen LogP contribution is -2.43. The monoisotopic (exact) mass is 246 g/mol. The standard InChI is InChI=1S/C16H26N2/c1-13(2)15(17-3)12-18-11-7-6-9-14-8-4-5-10-16(14)18/h4-5,8,10,13,15,17H,6-7,9,11-12H2,1-3H3. The van der Waals surface area contributed by atoms with Gasteiger partial charge in [0.1, 0.15) is 0 Å². The highest BCUT2D eigenvalue weighted by Gasteiger charge is 2.19. The number of fused-ring (bicyclic) bond motifs is 1. The first-order valence-corrected chi connectivity index (χ1v) is 7.22. The van der Waals surface area contributed by atoms with Gasteiger partial charge in [-0.05, 0) is 43.9 Å². The summed E-state index contributed by atoms with van der Waals surface area (Å²) < 4.78 is 0. The third-order valence-electron chi connectivity index (χ3n) is 4.05. The molecule has 1 aliphatic heterocycles. The lowest BCUT2D eigenvalue weighted by atomic mass is 10.0. The van der Waals surface area contributed by atoms with Gasteiger partial charge in [-0.25, -0.2) is 0 Å². The maximum absolute atomic E-state index is 3.46. The summed E-state index contributed by atoms with van der Waals surface area (Å²) >= 11 is 0. The Bertz CT molecular complexity index is 373. The smallest absolute Gasteiger partial charge is 0.0399 e. The number of anilines is 1. The molecule has 1 aromatic rings. The Labute approximate surface area is 111 Å². The van der Waals surface area contributed by atoms with E-state index in [4.69, 9.17) is 0 Å². The number of hydrogen-bond acceptors (Lipinski definition) is 2. The highest BCUT2D eigenvalue weighted by Crippen LogP contribution is 2.26. The topological polar surface area (TPSA) is 15.3 Å². The predicted molar refractivity (Wildman–Crippen MR) is 79.3 cm³/mol. The Balaban J connectivity index is 2.17. The molecule has 1 atom stereocenters. The summed E-state index contributed by atoms with van der Waals surface area (Å²) in [5.74, 6) is 0.672. The number of aryl methyl sites for hydroxylation is 1. The summed E-state index contributed by atoms with van der Waals surface area (Å²) in [6.07, 6.45) is 3.86. The first-order chi connectivity index (χ1) is 8.72. The quantitative estimate of drug-likeness (QED) is 0.878. The van der Waals surface area contributed by atoms with E-state index in [9.17, 15) is 0 Å². The van der Waals surface area contributed by atoms with Crippen LogP contribution < -0.4 is 10.2 Å². The van der Waals surface area contributed by atoms with E-state index in [-0.39, 0.29) is 0 Å². The molecule has 1 N–H and O–H groups in total. The van der Waals surface area contributed by atoms with E-state index >= 15 is 0 Å². The molecule has 0 aromatic heterocycles. The first-order valence-electron chi connectivity index (χ1n) is 7.22. The van der Waals surface area contributed by atoms with Crippen LogP contribution in [0, 0.1) is 5.92 Å². The van der Waals surface area contributed by atoms with E-state index in [2.05, 4.69) is 55.4 Å². The van der Waals surface area contributed by atoms with Crippen LogP contribution in [0.5, 0.6) is 0 Å². The normalized spacial score (nSPS) is 17.4. The summed E-state index contributed by atoms with van der Waals surface area (Å²) in [5.41, 5.74) is 2.98. The van der Waals surface area contributed by atoms with Gasteiger partial charge in [-0.3, -0.25) is 0 Å². The van der Waals surface area contributed by atoms with E-state index in [1.54, 1.807) is 0 Å². The Morgan fingerprint density at radius 2 is 2.00 bits per heavy atom. The van der Waals surface area contributed by atoms with Crippen LogP contribution in [0.25, 0.3) is 0 Å². The fourth-order valence-electron chi connectivity index (χ4n) is 2.83. The van der Waals surface area contributed by atoms with Crippen molar-refractivity contribution >= 4 is 5.69 Å². The van der Waals surface area contributed by atoms with Crippen molar-refractivity contribution in [2.75, 3.05) is 25.0 Å². The lowest BCUT2D eigenvalue weighted by Gasteiger charge is -2.31. The number of nitrogens with zero attached hydrogens (tertiary/aromatic N) is 1. The van der Waals surface area contributed by atoms with Crippen molar-refractivity contribution in [3.63, 3.8) is 0 Å². The summed E-state index contributed by atoms with van der Waals surface area (Å²) in [4.78, 5) is 2.57. The molecule has 0 bridgehead atoms. The van der Waals surface area contributed by atoms with Crippen molar-refractivity contribution in [2.45, 2.75) is 39.2 Å². The van der Waals surface area contributed by atoms with Gasteiger partial charge < -0.3 is 10.2 Å². The van der Waals surface area contributed by atoms with Crippen molar-refractivity contribution in [1.82, 2.24) is 5.32 Å².